The third-order valence-corrected chi connectivity index (χ3v) is 4.74. The summed E-state index contributed by atoms with van der Waals surface area (Å²) in [5, 5.41) is 12.6. The number of aliphatic hydroxyl groups is 1. The Balaban J connectivity index is 1.80. The molecule has 1 aliphatic carbocycles. The molecule has 20 heavy (non-hydrogen) atoms. The number of carbonyl (C=O) groups is 2. The fourth-order valence-electron chi connectivity index (χ4n) is 2.95. The molecule has 1 fully saturated rings. The predicted molar refractivity (Wildman–Crippen MR) is 72.4 cm³/mol. The molecular formula is C13H14BrFN2O3. The van der Waals surface area contributed by atoms with Crippen molar-refractivity contribution in [3.05, 3.63) is 21.7 Å². The zero-order chi connectivity index (χ0) is 14.4. The van der Waals surface area contributed by atoms with E-state index in [-0.39, 0.29) is 24.7 Å². The first-order valence-electron chi connectivity index (χ1n) is 6.48. The van der Waals surface area contributed by atoms with Crippen LogP contribution in [-0.2, 0) is 9.59 Å². The highest BCUT2D eigenvalue weighted by Crippen LogP contribution is 2.38. The largest absolute Gasteiger partial charge is 0.374 e. The van der Waals surface area contributed by atoms with Gasteiger partial charge in [0.15, 0.2) is 0 Å². The van der Waals surface area contributed by atoms with Gasteiger partial charge in [-0.15, -0.1) is 0 Å². The van der Waals surface area contributed by atoms with Crippen LogP contribution >= 0.6 is 15.9 Å². The third kappa shape index (κ3) is 2.23. The quantitative estimate of drug-likeness (QED) is 0.688. The minimum Gasteiger partial charge on any atom is -0.374 e. The molecule has 0 spiro atoms. The van der Waals surface area contributed by atoms with Crippen molar-refractivity contribution in [1.82, 2.24) is 10.2 Å². The maximum Gasteiger partial charge on any atom is 0.244 e. The van der Waals surface area contributed by atoms with Crippen molar-refractivity contribution < 1.29 is 19.1 Å². The molecule has 0 radical (unpaired) electrons. The number of alkyl halides is 1. The first-order chi connectivity index (χ1) is 9.47. The Hall–Kier alpha value is -1.05. The predicted octanol–water partition coefficient (Wildman–Crippen LogP) is 0.743. The van der Waals surface area contributed by atoms with Crippen LogP contribution in [-0.4, -0.2) is 46.8 Å². The van der Waals surface area contributed by atoms with Crippen molar-refractivity contribution in [2.45, 2.75) is 37.7 Å². The Morgan fingerprint density at radius 3 is 2.90 bits per heavy atom. The van der Waals surface area contributed by atoms with Gasteiger partial charge in [-0.2, -0.15) is 0 Å². The summed E-state index contributed by atoms with van der Waals surface area (Å²) < 4.78 is 14.1. The molecular weight excluding hydrogens is 331 g/mol. The highest BCUT2D eigenvalue weighted by molar-refractivity contribution is 9.11. The topological polar surface area (TPSA) is 69.6 Å². The van der Waals surface area contributed by atoms with E-state index in [9.17, 15) is 19.1 Å². The maximum absolute atomic E-state index is 13.7. The lowest BCUT2D eigenvalue weighted by Crippen LogP contribution is -2.54. The zero-order valence-electron chi connectivity index (χ0n) is 10.6. The van der Waals surface area contributed by atoms with E-state index in [1.54, 1.807) is 11.0 Å². The summed E-state index contributed by atoms with van der Waals surface area (Å²) in [7, 11) is 0. The summed E-state index contributed by atoms with van der Waals surface area (Å²) in [6, 6.07) is -0.543. The number of hydrogen-bond acceptors (Lipinski definition) is 4. The van der Waals surface area contributed by atoms with Crippen molar-refractivity contribution in [2.24, 2.45) is 0 Å². The molecule has 108 valence electrons. The summed E-state index contributed by atoms with van der Waals surface area (Å²) in [5.74, 6) is -0.677. The molecule has 1 saturated heterocycles. The van der Waals surface area contributed by atoms with E-state index in [0.29, 0.717) is 23.0 Å². The Bertz CT molecular complexity index is 546. The molecule has 2 amide bonds. The molecule has 3 unspecified atom stereocenters. The Labute approximate surface area is 123 Å². The molecule has 0 saturated carbocycles. The van der Waals surface area contributed by atoms with Gasteiger partial charge in [0.2, 0.25) is 11.8 Å². The molecule has 3 rings (SSSR count). The van der Waals surface area contributed by atoms with Crippen LogP contribution in [0.25, 0.3) is 0 Å². The van der Waals surface area contributed by atoms with Crippen LogP contribution in [0.2, 0.25) is 0 Å². The molecule has 2 heterocycles. The number of nitrogens with one attached hydrogen (secondary N) is 1. The molecule has 3 atom stereocenters. The molecule has 0 aromatic heterocycles. The van der Waals surface area contributed by atoms with Crippen molar-refractivity contribution in [3.8, 4) is 0 Å². The van der Waals surface area contributed by atoms with E-state index in [2.05, 4.69) is 21.2 Å². The smallest absolute Gasteiger partial charge is 0.244 e. The summed E-state index contributed by atoms with van der Waals surface area (Å²) in [4.78, 5) is 24.7. The second-order valence-electron chi connectivity index (χ2n) is 5.26. The van der Waals surface area contributed by atoms with Crippen LogP contribution in [0.5, 0.6) is 0 Å². The van der Waals surface area contributed by atoms with Crippen LogP contribution in [0.15, 0.2) is 21.7 Å². The van der Waals surface area contributed by atoms with Crippen LogP contribution in [0.1, 0.15) is 19.3 Å². The van der Waals surface area contributed by atoms with Gasteiger partial charge in [-0.05, 0) is 23.6 Å². The zero-order valence-corrected chi connectivity index (χ0v) is 12.2. The van der Waals surface area contributed by atoms with Gasteiger partial charge in [-0.25, -0.2) is 4.39 Å². The maximum atomic E-state index is 13.7. The SMILES string of the molecule is O=C1CCC(N2CC3=C(CC(F)C(Br)=C3)C2O)C(=O)N1. The number of hydrogen-bond donors (Lipinski definition) is 2. The lowest BCUT2D eigenvalue weighted by Gasteiger charge is -2.32. The molecule has 2 N–H and O–H groups in total. The minimum absolute atomic E-state index is 0.136. The Morgan fingerprint density at radius 1 is 1.45 bits per heavy atom. The normalized spacial score (nSPS) is 35.0. The molecule has 5 nitrogen and oxygen atoms in total. The molecule has 0 aromatic rings. The Morgan fingerprint density at radius 2 is 2.20 bits per heavy atom. The van der Waals surface area contributed by atoms with E-state index >= 15 is 0 Å². The van der Waals surface area contributed by atoms with Crippen LogP contribution in [0, 0.1) is 0 Å². The number of allylic oxidation sites excluding steroid dienone is 1. The number of nitrogens with zero attached hydrogens (tertiary/aromatic N) is 1. The second-order valence-corrected chi connectivity index (χ2v) is 6.18. The monoisotopic (exact) mass is 344 g/mol. The molecule has 2 aliphatic heterocycles. The lowest BCUT2D eigenvalue weighted by molar-refractivity contribution is -0.140. The number of amides is 2. The van der Waals surface area contributed by atoms with E-state index in [4.69, 9.17) is 0 Å². The van der Waals surface area contributed by atoms with E-state index in [0.717, 1.165) is 5.57 Å². The van der Waals surface area contributed by atoms with Crippen molar-refractivity contribution >= 4 is 27.7 Å². The van der Waals surface area contributed by atoms with E-state index < -0.39 is 18.4 Å². The van der Waals surface area contributed by atoms with Gasteiger partial charge in [-0.3, -0.25) is 19.8 Å². The van der Waals surface area contributed by atoms with Crippen LogP contribution in [0.4, 0.5) is 4.39 Å². The van der Waals surface area contributed by atoms with Gasteiger partial charge in [0.05, 0.1) is 6.04 Å². The number of imide groups is 1. The highest BCUT2D eigenvalue weighted by atomic mass is 79.9. The van der Waals surface area contributed by atoms with Gasteiger partial charge in [0, 0.05) is 23.9 Å². The average molecular weight is 345 g/mol. The first kappa shape index (κ1) is 13.9. The number of halogens is 2. The summed E-state index contributed by atoms with van der Waals surface area (Å²) in [6.45, 7) is 0.393. The fourth-order valence-corrected chi connectivity index (χ4v) is 3.39. The highest BCUT2D eigenvalue weighted by Gasteiger charge is 2.42. The molecule has 7 heteroatoms. The summed E-state index contributed by atoms with van der Waals surface area (Å²) >= 11 is 3.17. The van der Waals surface area contributed by atoms with Crippen molar-refractivity contribution in [1.29, 1.82) is 0 Å². The molecule has 0 aromatic carbocycles. The molecule has 0 bridgehead atoms. The van der Waals surface area contributed by atoms with Crippen molar-refractivity contribution in [2.75, 3.05) is 6.54 Å². The second kappa shape index (κ2) is 5.05. The lowest BCUT2D eigenvalue weighted by atomic mass is 9.98. The third-order valence-electron chi connectivity index (χ3n) is 4.01. The van der Waals surface area contributed by atoms with Gasteiger partial charge in [0.1, 0.15) is 12.4 Å². The average Bonchev–Trinajstić information content (AvgIpc) is 2.68. The number of rotatable bonds is 1. The van der Waals surface area contributed by atoms with Crippen molar-refractivity contribution in [3.63, 3.8) is 0 Å². The molecule has 3 aliphatic rings. The van der Waals surface area contributed by atoms with Gasteiger partial charge >= 0.3 is 0 Å². The number of piperidine rings is 1. The van der Waals surface area contributed by atoms with E-state index in [1.165, 1.54) is 0 Å². The number of carbonyl (C=O) groups excluding carboxylic acids is 2. The first-order valence-corrected chi connectivity index (χ1v) is 7.27. The van der Waals surface area contributed by atoms with Gasteiger partial charge in [-0.1, -0.05) is 15.9 Å². The fraction of sp³-hybridized carbons (Fsp3) is 0.538. The Kier molecular flexibility index (Phi) is 3.51. The van der Waals surface area contributed by atoms with Crippen LogP contribution < -0.4 is 5.32 Å². The summed E-state index contributed by atoms with van der Waals surface area (Å²) in [5.41, 5.74) is 1.48. The minimum atomic E-state index is -1.15. The number of aliphatic hydroxyl groups excluding tert-OH is 1. The summed E-state index contributed by atoms with van der Waals surface area (Å²) in [6.07, 6.45) is 0.353. The van der Waals surface area contributed by atoms with Crippen LogP contribution in [0.3, 0.4) is 0 Å². The van der Waals surface area contributed by atoms with Gasteiger partial charge in [0.25, 0.3) is 0 Å². The van der Waals surface area contributed by atoms with E-state index in [1.807, 2.05) is 0 Å². The van der Waals surface area contributed by atoms with Gasteiger partial charge < -0.3 is 5.11 Å². The standard InChI is InChI=1S/C13H14BrFN2O3/c14-8-3-6-5-17(13(20)7(6)4-9(8)15)10-1-2-11(18)16-12(10)19/h3,9-10,13,20H,1-2,4-5H2,(H,16,18,19).